The molecule has 0 aliphatic rings. The lowest BCUT2D eigenvalue weighted by molar-refractivity contribution is 0.102. The van der Waals surface area contributed by atoms with Crippen molar-refractivity contribution in [3.63, 3.8) is 0 Å². The monoisotopic (exact) mass is 355 g/mol. The minimum absolute atomic E-state index is 0.186. The number of hydrogen-bond acceptors (Lipinski definition) is 4. The zero-order valence-corrected chi connectivity index (χ0v) is 14.4. The van der Waals surface area contributed by atoms with E-state index >= 15 is 0 Å². The van der Waals surface area contributed by atoms with E-state index in [0.717, 1.165) is 11.8 Å². The number of nitrogens with one attached hydrogen (secondary N) is 1. The molecule has 0 saturated carbocycles. The maximum Gasteiger partial charge on any atom is 0.255 e. The molecule has 1 amide bonds. The molecule has 2 aromatic carbocycles. The van der Waals surface area contributed by atoms with E-state index in [-0.39, 0.29) is 10.8 Å². The number of carbonyl (C=O) groups excluding carboxylic acids is 1. The van der Waals surface area contributed by atoms with E-state index in [1.54, 1.807) is 18.6 Å². The summed E-state index contributed by atoms with van der Waals surface area (Å²) < 4.78 is 24.9. The molecule has 0 radical (unpaired) electrons. The van der Waals surface area contributed by atoms with Gasteiger partial charge in [0.25, 0.3) is 5.91 Å². The fourth-order valence-electron chi connectivity index (χ4n) is 2.40. The third-order valence-electron chi connectivity index (χ3n) is 3.65. The number of sulfone groups is 1. The van der Waals surface area contributed by atoms with Gasteiger partial charge in [0, 0.05) is 36.4 Å². The molecule has 3 rings (SSSR count). The third kappa shape index (κ3) is 4.33. The molecule has 1 aromatic heterocycles. The van der Waals surface area contributed by atoms with E-state index in [1.807, 2.05) is 29.0 Å². The summed E-state index contributed by atoms with van der Waals surface area (Å²) in [5, 5.41) is 2.82. The van der Waals surface area contributed by atoms with Crippen LogP contribution in [-0.4, -0.2) is 30.1 Å². The molecule has 128 valence electrons. The topological polar surface area (TPSA) is 81.1 Å². The van der Waals surface area contributed by atoms with Crippen molar-refractivity contribution < 1.29 is 13.2 Å². The van der Waals surface area contributed by atoms with Crippen LogP contribution in [0.4, 0.5) is 5.69 Å². The maximum atomic E-state index is 12.3. The number of anilines is 1. The number of carbonyl (C=O) groups is 1. The van der Waals surface area contributed by atoms with Crippen molar-refractivity contribution in [3.05, 3.63) is 78.4 Å². The molecule has 7 heteroatoms. The smallest absolute Gasteiger partial charge is 0.255 e. The lowest BCUT2D eigenvalue weighted by atomic mass is 10.1. The third-order valence-corrected chi connectivity index (χ3v) is 4.78. The number of rotatable bonds is 5. The Bertz CT molecular complexity index is 979. The van der Waals surface area contributed by atoms with Crippen LogP contribution in [0.5, 0.6) is 0 Å². The molecule has 25 heavy (non-hydrogen) atoms. The Labute approximate surface area is 146 Å². The van der Waals surface area contributed by atoms with Gasteiger partial charge in [0.1, 0.15) is 0 Å². The lowest BCUT2D eigenvalue weighted by Gasteiger charge is -2.08. The van der Waals surface area contributed by atoms with Crippen LogP contribution >= 0.6 is 0 Å². The van der Waals surface area contributed by atoms with E-state index in [4.69, 9.17) is 0 Å². The zero-order chi connectivity index (χ0) is 17.9. The molecule has 1 heterocycles. The second-order valence-electron chi connectivity index (χ2n) is 5.69. The van der Waals surface area contributed by atoms with Crippen molar-refractivity contribution in [1.82, 2.24) is 9.55 Å². The first-order valence-electron chi connectivity index (χ1n) is 7.58. The van der Waals surface area contributed by atoms with Gasteiger partial charge in [-0.15, -0.1) is 0 Å². The highest BCUT2D eigenvalue weighted by molar-refractivity contribution is 7.90. The van der Waals surface area contributed by atoms with Crippen molar-refractivity contribution >= 4 is 21.4 Å². The second kappa shape index (κ2) is 6.90. The van der Waals surface area contributed by atoms with Crippen LogP contribution in [0.25, 0.3) is 0 Å². The Kier molecular flexibility index (Phi) is 4.67. The van der Waals surface area contributed by atoms with Gasteiger partial charge in [-0.1, -0.05) is 12.1 Å². The molecule has 0 bridgehead atoms. The minimum Gasteiger partial charge on any atom is -0.333 e. The normalized spacial score (nSPS) is 11.2. The Hall–Kier alpha value is -2.93. The summed E-state index contributed by atoms with van der Waals surface area (Å²) in [5.74, 6) is -0.292. The van der Waals surface area contributed by atoms with Gasteiger partial charge in [0.15, 0.2) is 9.84 Å². The summed E-state index contributed by atoms with van der Waals surface area (Å²) in [5.41, 5.74) is 2.10. The van der Waals surface area contributed by atoms with Gasteiger partial charge in [-0.3, -0.25) is 4.79 Å². The number of nitrogens with zero attached hydrogens (tertiary/aromatic N) is 2. The highest BCUT2D eigenvalue weighted by Crippen LogP contribution is 2.15. The molecule has 0 saturated heterocycles. The Morgan fingerprint density at radius 1 is 1.16 bits per heavy atom. The molecule has 0 atom stereocenters. The summed E-state index contributed by atoms with van der Waals surface area (Å²) in [6, 6.07) is 13.4. The lowest BCUT2D eigenvalue weighted by Crippen LogP contribution is -2.12. The quantitative estimate of drug-likeness (QED) is 0.763. The SMILES string of the molecule is CS(=O)(=O)c1ccc(C(=O)Nc2cccc(Cn3ccnc3)c2)cc1. The average molecular weight is 355 g/mol. The molecule has 0 unspecified atom stereocenters. The van der Waals surface area contributed by atoms with Crippen molar-refractivity contribution in [2.75, 3.05) is 11.6 Å². The number of hydrogen-bond donors (Lipinski definition) is 1. The van der Waals surface area contributed by atoms with Crippen molar-refractivity contribution in [3.8, 4) is 0 Å². The van der Waals surface area contributed by atoms with Gasteiger partial charge in [-0.25, -0.2) is 13.4 Å². The summed E-state index contributed by atoms with van der Waals surface area (Å²) in [6.45, 7) is 0.659. The zero-order valence-electron chi connectivity index (χ0n) is 13.6. The molecule has 1 N–H and O–H groups in total. The molecule has 0 spiro atoms. The van der Waals surface area contributed by atoms with E-state index in [0.29, 0.717) is 17.8 Å². The van der Waals surface area contributed by atoms with Crippen LogP contribution in [0.15, 0.2) is 72.1 Å². The standard InChI is InChI=1S/C18H17N3O3S/c1-25(23,24)17-7-5-15(6-8-17)18(22)20-16-4-2-3-14(11-16)12-21-10-9-19-13-21/h2-11,13H,12H2,1H3,(H,20,22). The van der Waals surface area contributed by atoms with Crippen LogP contribution in [0.1, 0.15) is 15.9 Å². The average Bonchev–Trinajstić information content (AvgIpc) is 3.07. The van der Waals surface area contributed by atoms with E-state index in [1.165, 1.54) is 24.3 Å². The predicted octanol–water partition coefficient (Wildman–Crippen LogP) is 2.59. The second-order valence-corrected chi connectivity index (χ2v) is 7.70. The molecule has 0 fully saturated rings. The summed E-state index contributed by atoms with van der Waals surface area (Å²) >= 11 is 0. The Morgan fingerprint density at radius 3 is 2.56 bits per heavy atom. The van der Waals surface area contributed by atoms with Crippen LogP contribution < -0.4 is 5.32 Å². The molecule has 6 nitrogen and oxygen atoms in total. The van der Waals surface area contributed by atoms with E-state index in [2.05, 4.69) is 10.3 Å². The predicted molar refractivity (Wildman–Crippen MR) is 95.3 cm³/mol. The number of benzene rings is 2. The Morgan fingerprint density at radius 2 is 1.92 bits per heavy atom. The minimum atomic E-state index is -3.27. The van der Waals surface area contributed by atoms with Crippen molar-refractivity contribution in [2.24, 2.45) is 0 Å². The van der Waals surface area contributed by atoms with Crippen molar-refractivity contribution in [1.29, 1.82) is 0 Å². The van der Waals surface area contributed by atoms with Gasteiger partial charge < -0.3 is 9.88 Å². The Balaban J connectivity index is 1.72. The molecular weight excluding hydrogens is 338 g/mol. The van der Waals surface area contributed by atoms with E-state index in [9.17, 15) is 13.2 Å². The van der Waals surface area contributed by atoms with Gasteiger partial charge in [-0.05, 0) is 42.0 Å². The van der Waals surface area contributed by atoms with Crippen LogP contribution in [0, 0.1) is 0 Å². The number of imidazole rings is 1. The highest BCUT2D eigenvalue weighted by atomic mass is 32.2. The van der Waals surface area contributed by atoms with Gasteiger partial charge >= 0.3 is 0 Å². The number of aromatic nitrogens is 2. The summed E-state index contributed by atoms with van der Waals surface area (Å²) in [4.78, 5) is 16.5. The van der Waals surface area contributed by atoms with Gasteiger partial charge in [0.2, 0.25) is 0 Å². The first kappa shape index (κ1) is 16.9. The van der Waals surface area contributed by atoms with Crippen LogP contribution in [0.2, 0.25) is 0 Å². The maximum absolute atomic E-state index is 12.3. The molecule has 0 aliphatic carbocycles. The molecule has 3 aromatic rings. The van der Waals surface area contributed by atoms with Crippen LogP contribution in [-0.2, 0) is 16.4 Å². The summed E-state index contributed by atoms with van der Waals surface area (Å²) in [7, 11) is -3.27. The highest BCUT2D eigenvalue weighted by Gasteiger charge is 2.10. The molecular formula is C18H17N3O3S. The summed E-state index contributed by atoms with van der Waals surface area (Å²) in [6.07, 6.45) is 6.45. The van der Waals surface area contributed by atoms with Gasteiger partial charge in [-0.2, -0.15) is 0 Å². The fraction of sp³-hybridized carbons (Fsp3) is 0.111. The first-order chi connectivity index (χ1) is 11.9. The van der Waals surface area contributed by atoms with Crippen molar-refractivity contribution in [2.45, 2.75) is 11.4 Å². The largest absolute Gasteiger partial charge is 0.333 e. The van der Waals surface area contributed by atoms with Gasteiger partial charge in [0.05, 0.1) is 11.2 Å². The van der Waals surface area contributed by atoms with Crippen LogP contribution in [0.3, 0.4) is 0 Å². The number of amides is 1. The molecule has 0 aliphatic heterocycles. The van der Waals surface area contributed by atoms with E-state index < -0.39 is 9.84 Å². The first-order valence-corrected chi connectivity index (χ1v) is 9.47. The fourth-order valence-corrected chi connectivity index (χ4v) is 3.03.